The zero-order valence-corrected chi connectivity index (χ0v) is 16.1. The normalized spacial score (nSPS) is 12.9. The summed E-state index contributed by atoms with van der Waals surface area (Å²) in [6.45, 7) is 8.68. The van der Waals surface area contributed by atoms with Crippen LogP contribution in [-0.2, 0) is 21.2 Å². The second kappa shape index (κ2) is 8.36. The van der Waals surface area contributed by atoms with E-state index < -0.39 is 22.1 Å². The van der Waals surface area contributed by atoms with Gasteiger partial charge in [-0.1, -0.05) is 6.92 Å². The number of sulfonamides is 1. The number of nitrogens with zero attached hydrogens (tertiary/aromatic N) is 1. The molecule has 0 unspecified atom stereocenters. The van der Waals surface area contributed by atoms with Crippen LogP contribution in [0.2, 0.25) is 0 Å². The average Bonchev–Trinajstić information content (AvgIpc) is 2.50. The van der Waals surface area contributed by atoms with Crippen LogP contribution in [0.15, 0.2) is 23.1 Å². The third-order valence-corrected chi connectivity index (χ3v) is 5.35. The van der Waals surface area contributed by atoms with Crippen LogP contribution in [0.3, 0.4) is 0 Å². The molecule has 0 saturated carbocycles. The summed E-state index contributed by atoms with van der Waals surface area (Å²) in [5.74, 6) is -2.11. The molecule has 10 heteroatoms. The number of hydrogen-bond acceptors (Lipinski definition) is 4. The van der Waals surface area contributed by atoms with E-state index in [1.165, 1.54) is 12.1 Å². The molecule has 0 heterocycles. The summed E-state index contributed by atoms with van der Waals surface area (Å²) in [6, 6.07) is 3.07. The summed E-state index contributed by atoms with van der Waals surface area (Å²) < 4.78 is 64.2. The Bertz CT molecular complexity index is 747. The molecule has 0 atom stereocenters. The van der Waals surface area contributed by atoms with Gasteiger partial charge in [-0.25, -0.2) is 13.8 Å². The highest BCUT2D eigenvalue weighted by Gasteiger charge is 2.39. The molecule has 148 valence electrons. The van der Waals surface area contributed by atoms with Crippen molar-refractivity contribution in [3.05, 3.63) is 23.8 Å². The molecule has 0 bridgehead atoms. The van der Waals surface area contributed by atoms with Crippen LogP contribution < -0.4 is 10.7 Å². The van der Waals surface area contributed by atoms with Crippen LogP contribution >= 0.6 is 0 Å². The second-order valence-electron chi connectivity index (χ2n) is 6.31. The number of aryl methyl sites for hydroxylation is 1. The number of carbonyl (C=O) groups excluding carboxylic acids is 1. The SMILES string of the molecule is CCc1cc(NC(=O)C(F)(F)F)ccc1S(=O)(=O)N(NC(C)C)C(C)C. The molecule has 0 aromatic heterocycles. The van der Waals surface area contributed by atoms with Crippen LogP contribution in [0.25, 0.3) is 0 Å². The van der Waals surface area contributed by atoms with Gasteiger partial charge in [-0.3, -0.25) is 4.79 Å². The first-order valence-corrected chi connectivity index (χ1v) is 9.56. The Morgan fingerprint density at radius 2 is 1.77 bits per heavy atom. The smallest absolute Gasteiger partial charge is 0.318 e. The third kappa shape index (κ3) is 5.42. The molecule has 2 N–H and O–H groups in total. The number of carbonyl (C=O) groups is 1. The van der Waals surface area contributed by atoms with Gasteiger partial charge in [0.05, 0.1) is 4.90 Å². The van der Waals surface area contributed by atoms with Gasteiger partial charge in [-0.15, -0.1) is 4.41 Å². The molecule has 1 aromatic carbocycles. The van der Waals surface area contributed by atoms with Crippen LogP contribution in [-0.4, -0.2) is 37.0 Å². The third-order valence-electron chi connectivity index (χ3n) is 3.35. The van der Waals surface area contributed by atoms with Crippen molar-refractivity contribution in [2.75, 3.05) is 5.32 Å². The lowest BCUT2D eigenvalue weighted by molar-refractivity contribution is -0.167. The zero-order chi connectivity index (χ0) is 20.3. The molecule has 0 aliphatic carbocycles. The monoisotopic (exact) mass is 395 g/mol. The lowest BCUT2D eigenvalue weighted by Crippen LogP contribution is -2.50. The molecule has 0 spiro atoms. The molecule has 6 nitrogen and oxygen atoms in total. The minimum atomic E-state index is -5.02. The number of hydrazine groups is 1. The lowest BCUT2D eigenvalue weighted by atomic mass is 10.1. The van der Waals surface area contributed by atoms with Gasteiger partial charge in [-0.2, -0.15) is 13.2 Å². The Hall–Kier alpha value is -1.65. The predicted molar refractivity (Wildman–Crippen MR) is 92.9 cm³/mol. The standard InChI is InChI=1S/C16H24F3N3O3S/c1-6-12-9-13(20-15(23)16(17,18)19)7-8-14(12)26(24,25)22(11(4)5)21-10(2)3/h7-11,21H,6H2,1-5H3,(H,20,23). The Balaban J connectivity index is 3.30. The van der Waals surface area contributed by atoms with Crippen molar-refractivity contribution in [1.82, 2.24) is 9.84 Å². The number of alkyl halides is 3. The van der Waals surface area contributed by atoms with E-state index in [0.717, 1.165) is 10.5 Å². The topological polar surface area (TPSA) is 78.5 Å². The van der Waals surface area contributed by atoms with Gasteiger partial charge in [0.25, 0.3) is 10.0 Å². The molecule has 1 aromatic rings. The van der Waals surface area contributed by atoms with Crippen LogP contribution in [0, 0.1) is 0 Å². The van der Waals surface area contributed by atoms with Crippen molar-refractivity contribution in [2.24, 2.45) is 0 Å². The maximum Gasteiger partial charge on any atom is 0.471 e. The molecule has 1 rings (SSSR count). The minimum Gasteiger partial charge on any atom is -0.318 e. The molecule has 0 saturated heterocycles. The van der Waals surface area contributed by atoms with Crippen LogP contribution in [0.4, 0.5) is 18.9 Å². The summed E-state index contributed by atoms with van der Waals surface area (Å²) in [7, 11) is -3.92. The number of amides is 1. The maximum atomic E-state index is 13.0. The van der Waals surface area contributed by atoms with Crippen molar-refractivity contribution in [3.63, 3.8) is 0 Å². The van der Waals surface area contributed by atoms with E-state index in [1.54, 1.807) is 39.9 Å². The fraction of sp³-hybridized carbons (Fsp3) is 0.562. The van der Waals surface area contributed by atoms with E-state index in [4.69, 9.17) is 0 Å². The first-order valence-electron chi connectivity index (χ1n) is 8.12. The van der Waals surface area contributed by atoms with Gasteiger partial charge >= 0.3 is 12.1 Å². The number of hydrogen-bond donors (Lipinski definition) is 2. The van der Waals surface area contributed by atoms with Gasteiger partial charge in [0.2, 0.25) is 0 Å². The molecule has 0 aliphatic rings. The van der Waals surface area contributed by atoms with Crippen molar-refractivity contribution in [1.29, 1.82) is 0 Å². The predicted octanol–water partition coefficient (Wildman–Crippen LogP) is 3.06. The number of rotatable bonds is 7. The number of halogens is 3. The summed E-state index contributed by atoms with van der Waals surface area (Å²) in [4.78, 5) is 11.0. The van der Waals surface area contributed by atoms with E-state index in [-0.39, 0.29) is 29.1 Å². The lowest BCUT2D eigenvalue weighted by Gasteiger charge is -2.29. The van der Waals surface area contributed by atoms with E-state index in [1.807, 2.05) is 0 Å². The fourth-order valence-electron chi connectivity index (χ4n) is 2.24. The Labute approximate surface area is 151 Å². The molecule has 0 fully saturated rings. The molecular weight excluding hydrogens is 371 g/mol. The zero-order valence-electron chi connectivity index (χ0n) is 15.3. The minimum absolute atomic E-state index is 0.0214. The van der Waals surface area contributed by atoms with Gasteiger partial charge in [0.1, 0.15) is 0 Å². The number of nitrogens with one attached hydrogen (secondary N) is 2. The van der Waals surface area contributed by atoms with Crippen molar-refractivity contribution < 1.29 is 26.4 Å². The quantitative estimate of drug-likeness (QED) is 0.696. The first kappa shape index (κ1) is 22.4. The van der Waals surface area contributed by atoms with Gasteiger partial charge in [0.15, 0.2) is 0 Å². The Kier molecular flexibility index (Phi) is 7.20. The molecule has 0 radical (unpaired) electrons. The molecular formula is C16H24F3N3O3S. The highest BCUT2D eigenvalue weighted by Crippen LogP contribution is 2.26. The maximum absolute atomic E-state index is 13.0. The summed E-state index contributed by atoms with van der Waals surface area (Å²) in [5, 5.41) is 1.73. The Morgan fingerprint density at radius 1 is 1.19 bits per heavy atom. The summed E-state index contributed by atoms with van der Waals surface area (Å²) in [6.07, 6.45) is -4.76. The van der Waals surface area contributed by atoms with Crippen LogP contribution in [0.5, 0.6) is 0 Å². The summed E-state index contributed by atoms with van der Waals surface area (Å²) >= 11 is 0. The number of benzene rings is 1. The Morgan fingerprint density at radius 3 is 2.19 bits per heavy atom. The van der Waals surface area contributed by atoms with E-state index in [2.05, 4.69) is 5.43 Å². The van der Waals surface area contributed by atoms with Crippen molar-refractivity contribution in [2.45, 2.75) is 64.2 Å². The van der Waals surface area contributed by atoms with Crippen LogP contribution in [0.1, 0.15) is 40.2 Å². The fourth-order valence-corrected chi connectivity index (χ4v) is 4.13. The van der Waals surface area contributed by atoms with Crippen molar-refractivity contribution >= 4 is 21.6 Å². The highest BCUT2D eigenvalue weighted by molar-refractivity contribution is 7.89. The van der Waals surface area contributed by atoms with E-state index >= 15 is 0 Å². The highest BCUT2D eigenvalue weighted by atomic mass is 32.2. The largest absolute Gasteiger partial charge is 0.471 e. The molecule has 1 amide bonds. The van der Waals surface area contributed by atoms with Gasteiger partial charge in [-0.05, 0) is 57.9 Å². The van der Waals surface area contributed by atoms with Gasteiger partial charge in [0, 0.05) is 17.8 Å². The molecule has 0 aliphatic heterocycles. The average molecular weight is 395 g/mol. The second-order valence-corrected chi connectivity index (χ2v) is 8.09. The van der Waals surface area contributed by atoms with Crippen molar-refractivity contribution in [3.8, 4) is 0 Å². The molecule has 26 heavy (non-hydrogen) atoms. The van der Waals surface area contributed by atoms with Gasteiger partial charge < -0.3 is 5.32 Å². The first-order chi connectivity index (χ1) is 11.8. The van der Waals surface area contributed by atoms with E-state index in [9.17, 15) is 26.4 Å². The van der Waals surface area contributed by atoms with E-state index in [0.29, 0.717) is 5.56 Å². The number of anilines is 1. The summed E-state index contributed by atoms with van der Waals surface area (Å²) in [5.41, 5.74) is 3.05.